The number of nitrogens with one attached hydrogen (secondary N) is 4. The number of amides is 5. The Morgan fingerprint density at radius 2 is 1.70 bits per heavy atom. The Kier molecular flexibility index (Phi) is 9.37. The predicted octanol–water partition coefficient (Wildman–Crippen LogP) is 2.51. The first-order valence-corrected chi connectivity index (χ1v) is 15.4. The summed E-state index contributed by atoms with van der Waals surface area (Å²) in [4.78, 5) is 68.4. The number of carbonyl (C=O) groups excluding carboxylic acids is 5. The average molecular weight is 594 g/mol. The standard InChI is InChI=1S/C33H47N5O5/c1-8-12-23(27(39)29(41)34-15-9-2)35-28(40)26-24-22(33(24,6)7)18-38(26)30(42)25(36-31(43)37-32(3,4)5)21-16-19-13-10-11-14-20(19)17-21/h9-11,13-14,21-26H,2,8,12,15-18H2,1,3-7H3,(H,34,41)(H,35,40)(H2,36,37,43)/t22-,23?,24-,25-,26?/m0/s1. The molecule has 2 aliphatic carbocycles. The van der Waals surface area contributed by atoms with Gasteiger partial charge in [0.15, 0.2) is 0 Å². The van der Waals surface area contributed by atoms with Crippen molar-refractivity contribution in [1.29, 1.82) is 0 Å². The molecule has 0 aromatic heterocycles. The number of ketones is 1. The van der Waals surface area contributed by atoms with Crippen molar-refractivity contribution in [3.05, 3.63) is 48.0 Å². The van der Waals surface area contributed by atoms with Gasteiger partial charge < -0.3 is 26.2 Å². The van der Waals surface area contributed by atoms with E-state index >= 15 is 0 Å². The second-order valence-electron chi connectivity index (χ2n) is 13.9. The van der Waals surface area contributed by atoms with Gasteiger partial charge in [-0.2, -0.15) is 0 Å². The van der Waals surface area contributed by atoms with Gasteiger partial charge in [-0.15, -0.1) is 6.58 Å². The third-order valence-corrected chi connectivity index (χ3v) is 9.20. The van der Waals surface area contributed by atoms with Crippen molar-refractivity contribution in [2.45, 2.75) is 90.9 Å². The number of fused-ring (bicyclic) bond motifs is 2. The molecule has 10 nitrogen and oxygen atoms in total. The van der Waals surface area contributed by atoms with E-state index in [1.807, 2.05) is 52.0 Å². The van der Waals surface area contributed by atoms with Crippen LogP contribution in [-0.4, -0.2) is 71.2 Å². The van der Waals surface area contributed by atoms with Crippen molar-refractivity contribution < 1.29 is 24.0 Å². The van der Waals surface area contributed by atoms with Crippen molar-refractivity contribution in [3.63, 3.8) is 0 Å². The number of nitrogens with zero attached hydrogens (tertiary/aromatic N) is 1. The molecule has 1 aromatic rings. The van der Waals surface area contributed by atoms with E-state index in [2.05, 4.69) is 41.7 Å². The highest BCUT2D eigenvalue weighted by Gasteiger charge is 2.69. The van der Waals surface area contributed by atoms with Crippen LogP contribution in [-0.2, 0) is 32.0 Å². The summed E-state index contributed by atoms with van der Waals surface area (Å²) in [7, 11) is 0. The number of piperidine rings is 1. The van der Waals surface area contributed by atoms with E-state index in [4.69, 9.17) is 0 Å². The van der Waals surface area contributed by atoms with E-state index in [1.165, 1.54) is 6.08 Å². The van der Waals surface area contributed by atoms with Crippen LogP contribution in [0.2, 0.25) is 0 Å². The lowest BCUT2D eigenvalue weighted by molar-refractivity contribution is -0.144. The summed E-state index contributed by atoms with van der Waals surface area (Å²) in [5.74, 6) is -2.39. The Hall–Kier alpha value is -3.69. The molecule has 5 atom stereocenters. The molecule has 1 saturated heterocycles. The maximum absolute atomic E-state index is 14.4. The summed E-state index contributed by atoms with van der Waals surface area (Å²) >= 11 is 0. The monoisotopic (exact) mass is 593 g/mol. The highest BCUT2D eigenvalue weighted by atomic mass is 16.2. The van der Waals surface area contributed by atoms with Crippen LogP contribution in [0.1, 0.15) is 65.5 Å². The van der Waals surface area contributed by atoms with Gasteiger partial charge >= 0.3 is 6.03 Å². The van der Waals surface area contributed by atoms with Crippen LogP contribution < -0.4 is 21.3 Å². The number of urea groups is 1. The Morgan fingerprint density at radius 1 is 1.07 bits per heavy atom. The lowest BCUT2D eigenvalue weighted by Gasteiger charge is -2.35. The van der Waals surface area contributed by atoms with Crippen LogP contribution in [0.25, 0.3) is 0 Å². The minimum atomic E-state index is -1.00. The second-order valence-corrected chi connectivity index (χ2v) is 13.9. The first kappa shape index (κ1) is 32.2. The summed E-state index contributed by atoms with van der Waals surface area (Å²) in [6, 6.07) is 4.94. The van der Waals surface area contributed by atoms with Gasteiger partial charge in [0.05, 0.1) is 6.04 Å². The molecule has 0 radical (unpaired) electrons. The molecule has 2 fully saturated rings. The molecule has 1 heterocycles. The quantitative estimate of drug-likeness (QED) is 0.231. The highest BCUT2D eigenvalue weighted by molar-refractivity contribution is 6.38. The Balaban J connectivity index is 1.59. The lowest BCUT2D eigenvalue weighted by atomic mass is 9.93. The fourth-order valence-corrected chi connectivity index (χ4v) is 6.94. The van der Waals surface area contributed by atoms with Gasteiger partial charge in [0.1, 0.15) is 12.1 Å². The summed E-state index contributed by atoms with van der Waals surface area (Å²) in [5, 5.41) is 11.2. The first-order valence-electron chi connectivity index (χ1n) is 15.4. The topological polar surface area (TPSA) is 137 Å². The van der Waals surface area contributed by atoms with Crippen molar-refractivity contribution in [3.8, 4) is 0 Å². The van der Waals surface area contributed by atoms with Gasteiger partial charge in [0.25, 0.3) is 5.91 Å². The molecule has 1 aromatic carbocycles. The van der Waals surface area contributed by atoms with E-state index in [1.54, 1.807) is 4.90 Å². The molecule has 10 heteroatoms. The molecular formula is C33H47N5O5. The number of carbonyl (C=O) groups is 5. The van der Waals surface area contributed by atoms with E-state index in [-0.39, 0.29) is 35.6 Å². The van der Waals surface area contributed by atoms with Crippen molar-refractivity contribution in [2.24, 2.45) is 23.2 Å². The third-order valence-electron chi connectivity index (χ3n) is 9.20. The van der Waals surface area contributed by atoms with E-state index in [0.29, 0.717) is 32.2 Å². The summed E-state index contributed by atoms with van der Waals surface area (Å²) < 4.78 is 0. The second kappa shape index (κ2) is 12.5. The average Bonchev–Trinajstić information content (AvgIpc) is 3.30. The van der Waals surface area contributed by atoms with Gasteiger partial charge in [0, 0.05) is 18.6 Å². The molecule has 4 N–H and O–H groups in total. The summed E-state index contributed by atoms with van der Waals surface area (Å²) in [6.07, 6.45) is 3.62. The smallest absolute Gasteiger partial charge is 0.315 e. The van der Waals surface area contributed by atoms with E-state index in [9.17, 15) is 24.0 Å². The molecule has 5 amide bonds. The van der Waals surface area contributed by atoms with Crippen molar-refractivity contribution >= 4 is 29.5 Å². The van der Waals surface area contributed by atoms with Crippen LogP contribution in [0, 0.1) is 23.2 Å². The number of hydrogen-bond acceptors (Lipinski definition) is 5. The maximum Gasteiger partial charge on any atom is 0.315 e. The molecule has 0 spiro atoms. The van der Waals surface area contributed by atoms with Crippen LogP contribution in [0.3, 0.4) is 0 Å². The summed E-state index contributed by atoms with van der Waals surface area (Å²) in [6.45, 7) is 15.7. The minimum absolute atomic E-state index is 0.0896. The fourth-order valence-electron chi connectivity index (χ4n) is 6.94. The molecule has 4 rings (SSSR count). The van der Waals surface area contributed by atoms with Crippen molar-refractivity contribution in [2.75, 3.05) is 13.1 Å². The molecule has 2 unspecified atom stereocenters. The number of rotatable bonds is 11. The zero-order chi connectivity index (χ0) is 31.7. The van der Waals surface area contributed by atoms with Gasteiger partial charge in [-0.1, -0.05) is 57.5 Å². The largest absolute Gasteiger partial charge is 0.346 e. The zero-order valence-corrected chi connectivity index (χ0v) is 26.3. The van der Waals surface area contributed by atoms with Crippen LogP contribution in [0.5, 0.6) is 0 Å². The van der Waals surface area contributed by atoms with Crippen molar-refractivity contribution in [1.82, 2.24) is 26.2 Å². The van der Waals surface area contributed by atoms with E-state index < -0.39 is 47.3 Å². The molecular weight excluding hydrogens is 546 g/mol. The number of Topliss-reactive ketones (excluding diaryl/α,β-unsaturated/α-hetero) is 1. The van der Waals surface area contributed by atoms with Crippen LogP contribution in [0.4, 0.5) is 4.79 Å². The predicted molar refractivity (Wildman–Crippen MR) is 164 cm³/mol. The first-order chi connectivity index (χ1) is 20.2. The Bertz CT molecular complexity index is 1260. The Morgan fingerprint density at radius 3 is 2.26 bits per heavy atom. The molecule has 234 valence electrons. The van der Waals surface area contributed by atoms with Gasteiger partial charge in [-0.3, -0.25) is 19.2 Å². The molecule has 1 aliphatic heterocycles. The maximum atomic E-state index is 14.4. The normalized spacial score (nSPS) is 23.3. The number of likely N-dealkylation sites (tertiary alicyclic amines) is 1. The van der Waals surface area contributed by atoms with E-state index in [0.717, 1.165) is 11.1 Å². The highest BCUT2D eigenvalue weighted by Crippen LogP contribution is 2.65. The van der Waals surface area contributed by atoms with Crippen LogP contribution in [0.15, 0.2) is 36.9 Å². The number of hydrogen-bond donors (Lipinski definition) is 4. The third kappa shape index (κ3) is 6.94. The van der Waals surface area contributed by atoms with Crippen LogP contribution >= 0.6 is 0 Å². The SMILES string of the molecule is C=CCNC(=O)C(=O)C(CCC)NC(=O)C1[C@@H]2[C@H](CN1C(=O)[C@@H](NC(=O)NC(C)(C)C)C1Cc3ccccc3C1)C2(C)C. The molecule has 1 saturated carbocycles. The molecule has 43 heavy (non-hydrogen) atoms. The molecule has 3 aliphatic rings. The van der Waals surface area contributed by atoms with Gasteiger partial charge in [-0.05, 0) is 74.3 Å². The fraction of sp³-hybridized carbons (Fsp3) is 0.606. The summed E-state index contributed by atoms with van der Waals surface area (Å²) in [5.41, 5.74) is 1.65. The molecule has 0 bridgehead atoms. The lowest BCUT2D eigenvalue weighted by Crippen LogP contribution is -2.61. The zero-order valence-electron chi connectivity index (χ0n) is 26.3. The van der Waals surface area contributed by atoms with Gasteiger partial charge in [-0.25, -0.2) is 4.79 Å². The van der Waals surface area contributed by atoms with Gasteiger partial charge in [0.2, 0.25) is 17.6 Å². The Labute approximate surface area is 254 Å². The number of benzene rings is 1. The minimum Gasteiger partial charge on any atom is -0.346 e.